The van der Waals surface area contributed by atoms with Crippen molar-refractivity contribution in [1.82, 2.24) is 4.98 Å². The molecule has 2 heteroatoms. The van der Waals surface area contributed by atoms with Crippen LogP contribution >= 0.6 is 0 Å². The number of pyridine rings is 1. The summed E-state index contributed by atoms with van der Waals surface area (Å²) in [5, 5.41) is 0. The van der Waals surface area contributed by atoms with Gasteiger partial charge in [-0.2, -0.15) is 0 Å². The first kappa shape index (κ1) is 8.42. The molecule has 0 radical (unpaired) electrons. The average Bonchev–Trinajstić information content (AvgIpc) is 2.48. The van der Waals surface area contributed by atoms with Gasteiger partial charge in [-0.1, -0.05) is 13.8 Å². The second kappa shape index (κ2) is 2.95. The van der Waals surface area contributed by atoms with E-state index in [1.165, 1.54) is 11.1 Å². The fourth-order valence-corrected chi connectivity index (χ4v) is 1.89. The van der Waals surface area contributed by atoms with Gasteiger partial charge in [-0.05, 0) is 23.5 Å². The number of carbonyl (C=O) groups is 1. The maximum absolute atomic E-state index is 11.4. The van der Waals surface area contributed by atoms with Crippen molar-refractivity contribution in [2.24, 2.45) is 0 Å². The van der Waals surface area contributed by atoms with E-state index in [2.05, 4.69) is 18.8 Å². The molecule has 0 saturated heterocycles. The first-order valence-corrected chi connectivity index (χ1v) is 4.70. The van der Waals surface area contributed by atoms with Crippen LogP contribution in [0.15, 0.2) is 12.4 Å². The van der Waals surface area contributed by atoms with E-state index in [4.69, 9.17) is 0 Å². The highest BCUT2D eigenvalue weighted by Gasteiger charge is 2.23. The predicted molar refractivity (Wildman–Crippen MR) is 51.0 cm³/mol. The van der Waals surface area contributed by atoms with Crippen LogP contribution in [-0.2, 0) is 6.42 Å². The summed E-state index contributed by atoms with van der Waals surface area (Å²) < 4.78 is 0. The van der Waals surface area contributed by atoms with Crippen molar-refractivity contribution in [1.29, 1.82) is 0 Å². The lowest BCUT2D eigenvalue weighted by molar-refractivity contribution is 0.0994. The van der Waals surface area contributed by atoms with Gasteiger partial charge in [0.15, 0.2) is 5.78 Å². The molecule has 0 aromatic carbocycles. The summed E-state index contributed by atoms with van der Waals surface area (Å²) in [6.45, 7) is 4.28. The summed E-state index contributed by atoms with van der Waals surface area (Å²) in [4.78, 5) is 15.5. The molecular formula is C11H13NO. The molecule has 0 spiro atoms. The van der Waals surface area contributed by atoms with E-state index < -0.39 is 0 Å². The molecule has 2 nitrogen and oxygen atoms in total. The van der Waals surface area contributed by atoms with E-state index in [-0.39, 0.29) is 5.78 Å². The Labute approximate surface area is 78.0 Å². The summed E-state index contributed by atoms with van der Waals surface area (Å²) in [7, 11) is 0. The van der Waals surface area contributed by atoms with Crippen molar-refractivity contribution >= 4 is 5.78 Å². The summed E-state index contributed by atoms with van der Waals surface area (Å²) in [5.74, 6) is 0.721. The number of fused-ring (bicyclic) bond motifs is 1. The Hall–Kier alpha value is -1.18. The lowest BCUT2D eigenvalue weighted by Gasteiger charge is -2.09. The zero-order chi connectivity index (χ0) is 9.42. The van der Waals surface area contributed by atoms with E-state index in [0.717, 1.165) is 12.0 Å². The summed E-state index contributed by atoms with van der Waals surface area (Å²) in [6.07, 6.45) is 5.17. The topological polar surface area (TPSA) is 30.0 Å². The summed E-state index contributed by atoms with van der Waals surface area (Å²) in [6, 6.07) is 0. The van der Waals surface area contributed by atoms with Gasteiger partial charge < -0.3 is 0 Å². The van der Waals surface area contributed by atoms with Crippen molar-refractivity contribution in [3.8, 4) is 0 Å². The van der Waals surface area contributed by atoms with Crippen LogP contribution < -0.4 is 0 Å². The lowest BCUT2D eigenvalue weighted by atomic mass is 9.97. The van der Waals surface area contributed by atoms with Gasteiger partial charge in [0.05, 0.1) is 0 Å². The first-order valence-electron chi connectivity index (χ1n) is 4.70. The van der Waals surface area contributed by atoms with Crippen molar-refractivity contribution in [2.45, 2.75) is 32.6 Å². The quantitative estimate of drug-likeness (QED) is 0.655. The monoisotopic (exact) mass is 175 g/mol. The van der Waals surface area contributed by atoms with Crippen LogP contribution in [0.4, 0.5) is 0 Å². The number of aromatic nitrogens is 1. The molecule has 13 heavy (non-hydrogen) atoms. The number of ketones is 1. The van der Waals surface area contributed by atoms with E-state index in [1.807, 2.05) is 6.20 Å². The average molecular weight is 175 g/mol. The van der Waals surface area contributed by atoms with Gasteiger partial charge in [-0.15, -0.1) is 0 Å². The summed E-state index contributed by atoms with van der Waals surface area (Å²) in [5.41, 5.74) is 3.32. The Morgan fingerprint density at radius 1 is 1.31 bits per heavy atom. The fraction of sp³-hybridized carbons (Fsp3) is 0.455. The highest BCUT2D eigenvalue weighted by atomic mass is 16.1. The van der Waals surface area contributed by atoms with Crippen LogP contribution in [-0.4, -0.2) is 10.8 Å². The second-order valence-electron chi connectivity index (χ2n) is 3.83. The number of Topliss-reactive ketones (excluding diaryl/α,β-unsaturated/α-hetero) is 1. The Balaban J connectivity index is 2.57. The van der Waals surface area contributed by atoms with E-state index >= 15 is 0 Å². The minimum atomic E-state index is 0.255. The Kier molecular flexibility index (Phi) is 1.91. The minimum absolute atomic E-state index is 0.255. The Bertz CT molecular complexity index is 355. The maximum Gasteiger partial charge on any atom is 0.165 e. The minimum Gasteiger partial charge on any atom is -0.294 e. The fourth-order valence-electron chi connectivity index (χ4n) is 1.89. The Morgan fingerprint density at radius 3 is 2.77 bits per heavy atom. The zero-order valence-electron chi connectivity index (χ0n) is 8.00. The summed E-state index contributed by atoms with van der Waals surface area (Å²) >= 11 is 0. The molecule has 0 N–H and O–H groups in total. The van der Waals surface area contributed by atoms with E-state index in [9.17, 15) is 4.79 Å². The number of hydrogen-bond acceptors (Lipinski definition) is 2. The van der Waals surface area contributed by atoms with Crippen molar-refractivity contribution in [2.75, 3.05) is 0 Å². The molecule has 0 amide bonds. The molecule has 0 fully saturated rings. The van der Waals surface area contributed by atoms with Crippen LogP contribution in [0, 0.1) is 0 Å². The van der Waals surface area contributed by atoms with Gasteiger partial charge in [0.2, 0.25) is 0 Å². The third kappa shape index (κ3) is 1.26. The largest absolute Gasteiger partial charge is 0.294 e. The highest BCUT2D eigenvalue weighted by molar-refractivity contribution is 6.00. The normalized spacial score (nSPS) is 15.2. The molecule has 0 atom stereocenters. The molecule has 1 aliphatic rings. The highest BCUT2D eigenvalue weighted by Crippen LogP contribution is 2.28. The number of hydrogen-bond donors (Lipinski definition) is 0. The van der Waals surface area contributed by atoms with Gasteiger partial charge >= 0.3 is 0 Å². The van der Waals surface area contributed by atoms with Gasteiger partial charge in [0.1, 0.15) is 0 Å². The van der Waals surface area contributed by atoms with Crippen molar-refractivity contribution < 1.29 is 4.79 Å². The van der Waals surface area contributed by atoms with Crippen LogP contribution in [0.25, 0.3) is 0 Å². The van der Waals surface area contributed by atoms with Crippen LogP contribution in [0.2, 0.25) is 0 Å². The molecule has 68 valence electrons. The maximum atomic E-state index is 11.4. The van der Waals surface area contributed by atoms with Gasteiger partial charge in [-0.3, -0.25) is 9.78 Å². The molecular weight excluding hydrogens is 162 g/mol. The molecule has 2 rings (SSSR count). The molecule has 0 unspecified atom stereocenters. The molecule has 1 aromatic rings. The Morgan fingerprint density at radius 2 is 2.08 bits per heavy atom. The van der Waals surface area contributed by atoms with Crippen LogP contribution in [0.3, 0.4) is 0 Å². The van der Waals surface area contributed by atoms with Crippen molar-refractivity contribution in [3.05, 3.63) is 29.1 Å². The zero-order valence-corrected chi connectivity index (χ0v) is 8.00. The van der Waals surface area contributed by atoms with E-state index in [0.29, 0.717) is 12.3 Å². The second-order valence-corrected chi connectivity index (χ2v) is 3.83. The number of carbonyl (C=O) groups excluding carboxylic acids is 1. The number of nitrogens with zero attached hydrogens (tertiary/aromatic N) is 1. The van der Waals surface area contributed by atoms with Gasteiger partial charge in [0, 0.05) is 24.4 Å². The molecule has 1 heterocycles. The number of rotatable bonds is 1. The van der Waals surface area contributed by atoms with Crippen LogP contribution in [0.5, 0.6) is 0 Å². The SMILES string of the molecule is CC(C)c1cncc2c1CCC2=O. The standard InChI is InChI=1S/C11H13NO/c1-7(2)9-5-12-6-10-8(9)3-4-11(10)13/h5-7H,3-4H2,1-2H3. The lowest BCUT2D eigenvalue weighted by Crippen LogP contribution is -1.98. The third-order valence-corrected chi connectivity index (χ3v) is 2.62. The van der Waals surface area contributed by atoms with Crippen LogP contribution in [0.1, 0.15) is 47.7 Å². The first-order chi connectivity index (χ1) is 6.20. The van der Waals surface area contributed by atoms with Gasteiger partial charge in [0.25, 0.3) is 0 Å². The predicted octanol–water partition coefficient (Wildman–Crippen LogP) is 2.33. The molecule has 0 bridgehead atoms. The molecule has 1 aromatic heterocycles. The van der Waals surface area contributed by atoms with E-state index in [1.54, 1.807) is 6.20 Å². The molecule has 0 aliphatic heterocycles. The van der Waals surface area contributed by atoms with Gasteiger partial charge in [-0.25, -0.2) is 0 Å². The molecule has 0 saturated carbocycles. The smallest absolute Gasteiger partial charge is 0.165 e. The third-order valence-electron chi connectivity index (χ3n) is 2.62. The molecule has 1 aliphatic carbocycles. The van der Waals surface area contributed by atoms with Crippen molar-refractivity contribution in [3.63, 3.8) is 0 Å².